The van der Waals surface area contributed by atoms with Crippen LogP contribution >= 0.6 is 0 Å². The van der Waals surface area contributed by atoms with Gasteiger partial charge in [0.15, 0.2) is 5.84 Å². The molecule has 0 aliphatic heterocycles. The summed E-state index contributed by atoms with van der Waals surface area (Å²) in [6.07, 6.45) is 6.10. The predicted molar refractivity (Wildman–Crippen MR) is 82.2 cm³/mol. The molecule has 1 aromatic rings. The second-order valence-corrected chi connectivity index (χ2v) is 5.62. The van der Waals surface area contributed by atoms with Gasteiger partial charge in [0.25, 0.3) is 0 Å². The van der Waals surface area contributed by atoms with E-state index in [1.165, 1.54) is 32.1 Å². The summed E-state index contributed by atoms with van der Waals surface area (Å²) in [5, 5.41) is 14.9. The first-order chi connectivity index (χ1) is 10.2. The highest BCUT2D eigenvalue weighted by atomic mass is 16.4. The first-order valence-electron chi connectivity index (χ1n) is 7.52. The van der Waals surface area contributed by atoms with Crippen LogP contribution in [0, 0.1) is 5.92 Å². The zero-order chi connectivity index (χ0) is 15.1. The minimum Gasteiger partial charge on any atom is -0.409 e. The Labute approximate surface area is 125 Å². The predicted octanol–water partition coefficient (Wildman–Crippen LogP) is 2.21. The Bertz CT molecular complexity index is 482. The molecular weight excluding hydrogens is 266 g/mol. The molecule has 114 valence electrons. The van der Waals surface area contributed by atoms with Crippen LogP contribution in [0.3, 0.4) is 0 Å². The SMILES string of the molecule is NC(=NO)C(C(=O)NCC1CCCCC1)c1ccccc1. The van der Waals surface area contributed by atoms with E-state index in [9.17, 15) is 4.79 Å². The lowest BCUT2D eigenvalue weighted by atomic mass is 9.89. The zero-order valence-corrected chi connectivity index (χ0v) is 12.2. The van der Waals surface area contributed by atoms with Crippen molar-refractivity contribution in [2.75, 3.05) is 6.54 Å². The fourth-order valence-corrected chi connectivity index (χ4v) is 2.90. The molecule has 4 N–H and O–H groups in total. The van der Waals surface area contributed by atoms with Crippen molar-refractivity contribution < 1.29 is 10.0 Å². The van der Waals surface area contributed by atoms with Gasteiger partial charge >= 0.3 is 0 Å². The lowest BCUT2D eigenvalue weighted by molar-refractivity contribution is -0.121. The number of nitrogens with one attached hydrogen (secondary N) is 1. The van der Waals surface area contributed by atoms with E-state index < -0.39 is 5.92 Å². The minimum absolute atomic E-state index is 0.0812. The van der Waals surface area contributed by atoms with Crippen molar-refractivity contribution in [3.05, 3.63) is 35.9 Å². The molecule has 1 unspecified atom stereocenters. The van der Waals surface area contributed by atoms with Crippen molar-refractivity contribution in [1.82, 2.24) is 5.32 Å². The average Bonchev–Trinajstić information content (AvgIpc) is 2.55. The number of rotatable bonds is 5. The molecule has 1 saturated carbocycles. The zero-order valence-electron chi connectivity index (χ0n) is 12.2. The second kappa shape index (κ2) is 7.67. The fourth-order valence-electron chi connectivity index (χ4n) is 2.90. The number of nitrogens with two attached hydrogens (primary N) is 1. The quantitative estimate of drug-likeness (QED) is 0.336. The summed E-state index contributed by atoms with van der Waals surface area (Å²) >= 11 is 0. The minimum atomic E-state index is -0.736. The number of nitrogens with zero attached hydrogens (tertiary/aromatic N) is 1. The normalized spacial score (nSPS) is 18.2. The second-order valence-electron chi connectivity index (χ2n) is 5.62. The van der Waals surface area contributed by atoms with Crippen molar-refractivity contribution in [2.45, 2.75) is 38.0 Å². The Hall–Kier alpha value is -2.04. The van der Waals surface area contributed by atoms with Gasteiger partial charge in [-0.2, -0.15) is 0 Å². The Morgan fingerprint density at radius 3 is 2.57 bits per heavy atom. The van der Waals surface area contributed by atoms with Gasteiger partial charge in [-0.15, -0.1) is 0 Å². The molecule has 2 rings (SSSR count). The fraction of sp³-hybridized carbons (Fsp3) is 0.500. The molecular formula is C16H23N3O2. The molecule has 0 saturated heterocycles. The lowest BCUT2D eigenvalue weighted by Crippen LogP contribution is -2.39. The molecule has 0 aromatic heterocycles. The summed E-state index contributed by atoms with van der Waals surface area (Å²) in [5.74, 6) is -0.476. The summed E-state index contributed by atoms with van der Waals surface area (Å²) in [4.78, 5) is 12.4. The van der Waals surface area contributed by atoms with Gasteiger partial charge in [-0.1, -0.05) is 54.8 Å². The van der Waals surface area contributed by atoms with E-state index in [1.807, 2.05) is 30.3 Å². The first kappa shape index (κ1) is 15.4. The van der Waals surface area contributed by atoms with E-state index in [0.717, 1.165) is 5.56 Å². The smallest absolute Gasteiger partial charge is 0.235 e. The molecule has 0 spiro atoms. The first-order valence-corrected chi connectivity index (χ1v) is 7.52. The molecule has 0 heterocycles. The summed E-state index contributed by atoms with van der Waals surface area (Å²) in [6.45, 7) is 0.668. The molecule has 1 amide bonds. The molecule has 1 fully saturated rings. The molecule has 0 radical (unpaired) electrons. The van der Waals surface area contributed by atoms with Crippen LogP contribution in [0.1, 0.15) is 43.6 Å². The summed E-state index contributed by atoms with van der Waals surface area (Å²) in [6, 6.07) is 9.15. The maximum Gasteiger partial charge on any atom is 0.235 e. The van der Waals surface area contributed by atoms with Crippen LogP contribution in [0.4, 0.5) is 0 Å². The third-order valence-electron chi connectivity index (χ3n) is 4.10. The summed E-state index contributed by atoms with van der Waals surface area (Å²) < 4.78 is 0. The molecule has 1 aliphatic carbocycles. The van der Waals surface area contributed by atoms with E-state index in [1.54, 1.807) is 0 Å². The number of carbonyl (C=O) groups excluding carboxylic acids is 1. The maximum atomic E-state index is 12.4. The maximum absolute atomic E-state index is 12.4. The van der Waals surface area contributed by atoms with Crippen LogP contribution in [-0.2, 0) is 4.79 Å². The van der Waals surface area contributed by atoms with Gasteiger partial charge in [-0.3, -0.25) is 4.79 Å². The van der Waals surface area contributed by atoms with Gasteiger partial charge in [-0.25, -0.2) is 0 Å². The van der Waals surface area contributed by atoms with Crippen molar-refractivity contribution in [2.24, 2.45) is 16.8 Å². The van der Waals surface area contributed by atoms with Gasteiger partial charge < -0.3 is 16.3 Å². The van der Waals surface area contributed by atoms with Gasteiger partial charge in [0.05, 0.1) is 0 Å². The van der Waals surface area contributed by atoms with Gasteiger partial charge in [0.1, 0.15) is 5.92 Å². The van der Waals surface area contributed by atoms with E-state index in [4.69, 9.17) is 10.9 Å². The summed E-state index contributed by atoms with van der Waals surface area (Å²) in [5.41, 5.74) is 6.43. The van der Waals surface area contributed by atoms with Crippen LogP contribution in [0.2, 0.25) is 0 Å². The van der Waals surface area contributed by atoms with Gasteiger partial charge in [0.2, 0.25) is 5.91 Å². The molecule has 0 bridgehead atoms. The highest BCUT2D eigenvalue weighted by Crippen LogP contribution is 2.23. The summed E-state index contributed by atoms with van der Waals surface area (Å²) in [7, 11) is 0. The van der Waals surface area contributed by atoms with Crippen LogP contribution in [-0.4, -0.2) is 23.5 Å². The Balaban J connectivity index is 2.01. The monoisotopic (exact) mass is 289 g/mol. The van der Waals surface area contributed by atoms with E-state index >= 15 is 0 Å². The van der Waals surface area contributed by atoms with Gasteiger partial charge in [0, 0.05) is 6.54 Å². The van der Waals surface area contributed by atoms with Crippen molar-refractivity contribution in [3.8, 4) is 0 Å². The average molecular weight is 289 g/mol. The topological polar surface area (TPSA) is 87.7 Å². The molecule has 1 atom stereocenters. The number of amides is 1. The standard InChI is InChI=1S/C16H23N3O2/c17-15(19-21)14(13-9-5-2-6-10-13)16(20)18-11-12-7-3-1-4-8-12/h2,5-6,9-10,12,14,21H,1,3-4,7-8,11H2,(H2,17,19)(H,18,20). The molecule has 5 nitrogen and oxygen atoms in total. The largest absolute Gasteiger partial charge is 0.409 e. The molecule has 1 aliphatic rings. The van der Waals surface area contributed by atoms with E-state index in [-0.39, 0.29) is 11.7 Å². The van der Waals surface area contributed by atoms with E-state index in [2.05, 4.69) is 10.5 Å². The van der Waals surface area contributed by atoms with Crippen LogP contribution in [0.15, 0.2) is 35.5 Å². The highest BCUT2D eigenvalue weighted by molar-refractivity contribution is 6.07. The van der Waals surface area contributed by atoms with Crippen LogP contribution in [0.5, 0.6) is 0 Å². The molecule has 1 aromatic carbocycles. The third kappa shape index (κ3) is 4.21. The van der Waals surface area contributed by atoms with Crippen LogP contribution in [0.25, 0.3) is 0 Å². The van der Waals surface area contributed by atoms with Crippen molar-refractivity contribution in [3.63, 3.8) is 0 Å². The molecule has 5 heteroatoms. The number of hydrogen-bond acceptors (Lipinski definition) is 3. The third-order valence-corrected chi connectivity index (χ3v) is 4.10. The van der Waals surface area contributed by atoms with Crippen molar-refractivity contribution in [1.29, 1.82) is 0 Å². The Morgan fingerprint density at radius 2 is 1.95 bits per heavy atom. The Morgan fingerprint density at radius 1 is 1.29 bits per heavy atom. The number of amidine groups is 1. The Kier molecular flexibility index (Phi) is 5.60. The van der Waals surface area contributed by atoms with E-state index in [0.29, 0.717) is 12.5 Å². The highest BCUT2D eigenvalue weighted by Gasteiger charge is 2.26. The number of hydrogen-bond donors (Lipinski definition) is 3. The van der Waals surface area contributed by atoms with Crippen LogP contribution < -0.4 is 11.1 Å². The lowest BCUT2D eigenvalue weighted by Gasteiger charge is -2.23. The van der Waals surface area contributed by atoms with Gasteiger partial charge in [-0.05, 0) is 24.3 Å². The van der Waals surface area contributed by atoms with Crippen molar-refractivity contribution >= 4 is 11.7 Å². The number of oxime groups is 1. The number of benzene rings is 1. The molecule has 21 heavy (non-hydrogen) atoms. The number of carbonyl (C=O) groups is 1.